The Bertz CT molecular complexity index is 674. The summed E-state index contributed by atoms with van der Waals surface area (Å²) in [6, 6.07) is 0. The van der Waals surface area contributed by atoms with Crippen molar-refractivity contribution >= 4 is 29.0 Å². The summed E-state index contributed by atoms with van der Waals surface area (Å²) in [5.41, 5.74) is 4.39. The van der Waals surface area contributed by atoms with Crippen molar-refractivity contribution in [2.75, 3.05) is 5.73 Å². The molecule has 0 bridgehead atoms. The lowest BCUT2D eigenvalue weighted by molar-refractivity contribution is -0.141. The molecule has 0 atom stereocenters. The van der Waals surface area contributed by atoms with Crippen LogP contribution in [0.25, 0.3) is 10.9 Å². The molecule has 0 saturated heterocycles. The molecule has 2 aromatic heterocycles. The normalized spacial score (nSPS) is 11.6. The van der Waals surface area contributed by atoms with Crippen molar-refractivity contribution in [3.05, 3.63) is 28.6 Å². The molecule has 0 radical (unpaired) electrons. The Morgan fingerprint density at radius 2 is 1.89 bits per heavy atom. The molecule has 2 aromatic rings. The largest absolute Gasteiger partial charge is 0.406 e. The van der Waals surface area contributed by atoms with Crippen LogP contribution in [0.4, 0.5) is 23.2 Å². The maximum Gasteiger partial charge on any atom is 0.406 e. The molecule has 106 valence electrons. The van der Waals surface area contributed by atoms with E-state index in [0.717, 1.165) is 0 Å². The van der Waals surface area contributed by atoms with Crippen LogP contribution in [0, 0.1) is 5.82 Å². The number of aromatic nitrogens is 2. The second-order valence-corrected chi connectivity index (χ2v) is 3.94. The summed E-state index contributed by atoms with van der Waals surface area (Å²) in [7, 11) is 1.45. The minimum absolute atomic E-state index is 0. The molecule has 0 saturated carbocycles. The molecule has 9 heteroatoms. The molecule has 0 aliphatic carbocycles. The highest BCUT2D eigenvalue weighted by molar-refractivity contribution is 5.91. The van der Waals surface area contributed by atoms with E-state index in [1.54, 1.807) is 0 Å². The average Bonchev–Trinajstić information content (AvgIpc) is 2.48. The summed E-state index contributed by atoms with van der Waals surface area (Å²) in [5.74, 6) is -0.923. The number of fused-ring (bicyclic) bond motifs is 1. The van der Waals surface area contributed by atoms with E-state index in [2.05, 4.69) is 0 Å². The molecule has 2 N–H and O–H groups in total. The summed E-state index contributed by atoms with van der Waals surface area (Å²) in [4.78, 5) is 11.8. The molecule has 0 aromatic carbocycles. The second-order valence-electron chi connectivity index (χ2n) is 3.94. The predicted molar refractivity (Wildman–Crippen MR) is 64.9 cm³/mol. The van der Waals surface area contributed by atoms with Gasteiger partial charge in [-0.05, 0) is 0 Å². The minimum atomic E-state index is -4.60. The first-order valence-electron chi connectivity index (χ1n) is 4.91. The third kappa shape index (κ3) is 2.67. The standard InChI is InChI=1S/C10H9F4N3O.ClH/c1-16-3-6(15)7-8(16)5(11)2-17(9(7)18)4-10(12,13)14;/h2-3H,4,15H2,1H3;1H. The quantitative estimate of drug-likeness (QED) is 0.819. The zero-order valence-corrected chi connectivity index (χ0v) is 10.5. The molecule has 2 rings (SSSR count). The van der Waals surface area contributed by atoms with Crippen LogP contribution in [0.15, 0.2) is 17.2 Å². The minimum Gasteiger partial charge on any atom is -0.397 e. The van der Waals surface area contributed by atoms with E-state index in [-0.39, 0.29) is 33.6 Å². The highest BCUT2D eigenvalue weighted by atomic mass is 35.5. The highest BCUT2D eigenvalue weighted by Gasteiger charge is 2.29. The summed E-state index contributed by atoms with van der Waals surface area (Å²) in [6.07, 6.45) is -2.78. The van der Waals surface area contributed by atoms with Crippen molar-refractivity contribution < 1.29 is 17.6 Å². The number of nitrogens with zero attached hydrogens (tertiary/aromatic N) is 2. The van der Waals surface area contributed by atoms with E-state index in [4.69, 9.17) is 5.73 Å². The third-order valence-electron chi connectivity index (χ3n) is 2.53. The van der Waals surface area contributed by atoms with Gasteiger partial charge in [0.15, 0.2) is 5.82 Å². The van der Waals surface area contributed by atoms with E-state index in [1.165, 1.54) is 17.8 Å². The molecule has 0 amide bonds. The number of rotatable bonds is 1. The Kier molecular flexibility index (Phi) is 3.85. The summed E-state index contributed by atoms with van der Waals surface area (Å²) >= 11 is 0. The van der Waals surface area contributed by atoms with Gasteiger partial charge in [0, 0.05) is 19.4 Å². The first-order chi connectivity index (χ1) is 8.20. The molecule has 0 spiro atoms. The van der Waals surface area contributed by atoms with Gasteiger partial charge in [-0.1, -0.05) is 0 Å². The number of hydrogen-bond acceptors (Lipinski definition) is 2. The fourth-order valence-corrected chi connectivity index (χ4v) is 1.87. The number of halogens is 5. The van der Waals surface area contributed by atoms with Crippen LogP contribution in [0.5, 0.6) is 0 Å². The molecule has 19 heavy (non-hydrogen) atoms. The van der Waals surface area contributed by atoms with Gasteiger partial charge in [-0.15, -0.1) is 12.4 Å². The lowest BCUT2D eigenvalue weighted by atomic mass is 10.3. The lowest BCUT2D eigenvalue weighted by Crippen LogP contribution is -2.28. The zero-order valence-electron chi connectivity index (χ0n) is 9.66. The van der Waals surface area contributed by atoms with Gasteiger partial charge in [-0.2, -0.15) is 13.2 Å². The second kappa shape index (κ2) is 4.76. The molecular formula is C10H10ClF4N3O. The number of hydrogen-bond donors (Lipinski definition) is 1. The van der Waals surface area contributed by atoms with Crippen LogP contribution in [0.2, 0.25) is 0 Å². The van der Waals surface area contributed by atoms with Gasteiger partial charge in [0.05, 0.1) is 16.6 Å². The molecule has 0 unspecified atom stereocenters. The van der Waals surface area contributed by atoms with E-state index < -0.39 is 24.1 Å². The molecular weight excluding hydrogens is 290 g/mol. The number of aryl methyl sites for hydroxylation is 1. The Morgan fingerprint density at radius 1 is 1.32 bits per heavy atom. The third-order valence-corrected chi connectivity index (χ3v) is 2.53. The molecule has 0 fully saturated rings. The van der Waals surface area contributed by atoms with Gasteiger partial charge < -0.3 is 14.9 Å². The average molecular weight is 300 g/mol. The zero-order chi connectivity index (χ0) is 13.7. The smallest absolute Gasteiger partial charge is 0.397 e. The van der Waals surface area contributed by atoms with Gasteiger partial charge in [-0.25, -0.2) is 4.39 Å². The summed E-state index contributed by atoms with van der Waals surface area (Å²) < 4.78 is 51.9. The maximum absolute atomic E-state index is 13.7. The first kappa shape index (κ1) is 15.4. The van der Waals surface area contributed by atoms with Crippen LogP contribution in [-0.2, 0) is 13.6 Å². The highest BCUT2D eigenvalue weighted by Crippen LogP contribution is 2.23. The van der Waals surface area contributed by atoms with Crippen molar-refractivity contribution in [3.8, 4) is 0 Å². The van der Waals surface area contributed by atoms with Crippen molar-refractivity contribution in [2.24, 2.45) is 7.05 Å². The van der Waals surface area contributed by atoms with Gasteiger partial charge in [0.25, 0.3) is 5.56 Å². The number of nitrogens with two attached hydrogens (primary N) is 1. The lowest BCUT2D eigenvalue weighted by Gasteiger charge is -2.10. The predicted octanol–water partition coefficient (Wildman–Crippen LogP) is 2.05. The van der Waals surface area contributed by atoms with E-state index in [0.29, 0.717) is 6.20 Å². The SMILES string of the molecule is Cl.Cn1cc(N)c2c(=O)n(CC(F)(F)F)cc(F)c21. The van der Waals surface area contributed by atoms with E-state index in [9.17, 15) is 22.4 Å². The number of pyridine rings is 1. The van der Waals surface area contributed by atoms with Crippen molar-refractivity contribution in [3.63, 3.8) is 0 Å². The summed E-state index contributed by atoms with van der Waals surface area (Å²) in [6.45, 7) is -1.55. The van der Waals surface area contributed by atoms with Crippen LogP contribution < -0.4 is 11.3 Å². The topological polar surface area (TPSA) is 52.9 Å². The van der Waals surface area contributed by atoms with Gasteiger partial charge in [-0.3, -0.25) is 4.79 Å². The van der Waals surface area contributed by atoms with Crippen molar-refractivity contribution in [2.45, 2.75) is 12.7 Å². The van der Waals surface area contributed by atoms with Crippen LogP contribution in [0.3, 0.4) is 0 Å². The number of anilines is 1. The Morgan fingerprint density at radius 3 is 2.42 bits per heavy atom. The van der Waals surface area contributed by atoms with Crippen LogP contribution in [0.1, 0.15) is 0 Å². The molecule has 0 aliphatic rings. The Balaban J connectivity index is 0.00000180. The molecule has 2 heterocycles. The van der Waals surface area contributed by atoms with Gasteiger partial charge in [0.1, 0.15) is 6.54 Å². The fourth-order valence-electron chi connectivity index (χ4n) is 1.87. The fraction of sp³-hybridized carbons (Fsp3) is 0.300. The van der Waals surface area contributed by atoms with Crippen molar-refractivity contribution in [1.82, 2.24) is 9.13 Å². The van der Waals surface area contributed by atoms with Gasteiger partial charge >= 0.3 is 6.18 Å². The monoisotopic (exact) mass is 299 g/mol. The Hall–Kier alpha value is -1.70. The van der Waals surface area contributed by atoms with E-state index in [1.807, 2.05) is 0 Å². The van der Waals surface area contributed by atoms with Gasteiger partial charge in [0.2, 0.25) is 0 Å². The number of alkyl halides is 3. The number of nitrogen functional groups attached to an aromatic ring is 1. The van der Waals surface area contributed by atoms with Crippen molar-refractivity contribution in [1.29, 1.82) is 0 Å². The van der Waals surface area contributed by atoms with E-state index >= 15 is 0 Å². The Labute approximate surface area is 110 Å². The first-order valence-corrected chi connectivity index (χ1v) is 4.91. The summed E-state index contributed by atoms with van der Waals surface area (Å²) in [5, 5.41) is -0.234. The van der Waals surface area contributed by atoms with Crippen LogP contribution in [-0.4, -0.2) is 15.3 Å². The van der Waals surface area contributed by atoms with Crippen LogP contribution >= 0.6 is 12.4 Å². The maximum atomic E-state index is 13.7. The molecule has 0 aliphatic heterocycles. The molecule has 4 nitrogen and oxygen atoms in total.